The summed E-state index contributed by atoms with van der Waals surface area (Å²) in [6.07, 6.45) is 1.15. The Morgan fingerprint density at radius 2 is 2.28 bits per heavy atom. The van der Waals surface area contributed by atoms with Crippen molar-refractivity contribution in [3.05, 3.63) is 30.0 Å². The van der Waals surface area contributed by atoms with E-state index in [9.17, 15) is 10.2 Å². The summed E-state index contributed by atoms with van der Waals surface area (Å²) in [5, 5.41) is 32.9. The highest BCUT2D eigenvalue weighted by Crippen LogP contribution is 2.40. The number of nitrogen functional groups attached to an aromatic ring is 1. The van der Waals surface area contributed by atoms with Crippen molar-refractivity contribution in [1.29, 1.82) is 0 Å². The van der Waals surface area contributed by atoms with E-state index in [1.54, 1.807) is 22.1 Å². The van der Waals surface area contributed by atoms with Gasteiger partial charge in [-0.15, -0.1) is 11.3 Å². The molecular weight excluding hydrogens is 344 g/mol. The largest absolute Gasteiger partial charge is 0.396 e. The molecule has 1 saturated heterocycles. The van der Waals surface area contributed by atoms with E-state index in [1.807, 2.05) is 17.5 Å². The lowest BCUT2D eigenvalue weighted by atomic mass is 9.95. The molecule has 132 valence electrons. The van der Waals surface area contributed by atoms with Crippen LogP contribution in [0.2, 0.25) is 0 Å². The maximum absolute atomic E-state index is 10.6. The van der Waals surface area contributed by atoms with Gasteiger partial charge in [0, 0.05) is 29.7 Å². The molecule has 9 heteroatoms. The Balaban J connectivity index is 1.85. The van der Waals surface area contributed by atoms with E-state index in [1.165, 1.54) is 6.33 Å². The number of aromatic nitrogens is 3. The minimum Gasteiger partial charge on any atom is -0.396 e. The molecule has 3 atom stereocenters. The number of nitrogens with zero attached hydrogens (tertiary/aromatic N) is 3. The molecule has 3 aromatic rings. The van der Waals surface area contributed by atoms with Gasteiger partial charge in [-0.2, -0.15) is 0 Å². The predicted molar refractivity (Wildman–Crippen MR) is 92.9 cm³/mol. The van der Waals surface area contributed by atoms with Gasteiger partial charge in [-0.1, -0.05) is 6.07 Å². The third-order valence-electron chi connectivity index (χ3n) is 4.57. The van der Waals surface area contributed by atoms with Crippen molar-refractivity contribution in [3.8, 4) is 10.4 Å². The fourth-order valence-corrected chi connectivity index (χ4v) is 3.98. The zero-order valence-corrected chi connectivity index (χ0v) is 14.1. The smallest absolute Gasteiger partial charge is 0.164 e. The molecule has 0 radical (unpaired) electrons. The van der Waals surface area contributed by atoms with Crippen molar-refractivity contribution in [2.24, 2.45) is 0 Å². The molecule has 5 N–H and O–H groups in total. The topological polar surface area (TPSA) is 127 Å². The summed E-state index contributed by atoms with van der Waals surface area (Å²) in [4.78, 5) is 9.36. The molecule has 1 fully saturated rings. The van der Waals surface area contributed by atoms with Crippen LogP contribution < -0.4 is 5.73 Å². The Morgan fingerprint density at radius 1 is 1.44 bits per heavy atom. The minimum absolute atomic E-state index is 0.0266. The van der Waals surface area contributed by atoms with Crippen molar-refractivity contribution in [2.75, 3.05) is 18.9 Å². The molecule has 0 aromatic carbocycles. The van der Waals surface area contributed by atoms with Crippen LogP contribution in [0.4, 0.5) is 5.82 Å². The second-order valence-corrected chi connectivity index (χ2v) is 7.06. The minimum atomic E-state index is -1.50. The van der Waals surface area contributed by atoms with Gasteiger partial charge in [0.1, 0.15) is 29.5 Å². The number of nitrogens with two attached hydrogens (primary N) is 1. The number of thiophene rings is 1. The van der Waals surface area contributed by atoms with Crippen LogP contribution in [0.1, 0.15) is 12.6 Å². The van der Waals surface area contributed by atoms with Crippen LogP contribution in [-0.4, -0.2) is 54.8 Å². The number of ether oxygens (including phenoxy) is 1. The van der Waals surface area contributed by atoms with Crippen LogP contribution in [0.25, 0.3) is 21.5 Å². The summed E-state index contributed by atoms with van der Waals surface area (Å²) in [7, 11) is 0. The molecule has 0 bridgehead atoms. The molecular formula is C16H18N4O4S. The number of rotatable bonds is 4. The Kier molecular flexibility index (Phi) is 3.97. The first kappa shape index (κ1) is 16.4. The molecule has 1 aliphatic heterocycles. The maximum Gasteiger partial charge on any atom is 0.164 e. The molecule has 2 unspecified atom stereocenters. The van der Waals surface area contributed by atoms with Crippen LogP contribution in [0.5, 0.6) is 0 Å². The summed E-state index contributed by atoms with van der Waals surface area (Å²) in [5.74, 6) is 0.338. The van der Waals surface area contributed by atoms with Gasteiger partial charge in [-0.3, -0.25) is 0 Å². The van der Waals surface area contributed by atoms with Crippen LogP contribution in [-0.2, 0) is 4.74 Å². The molecule has 25 heavy (non-hydrogen) atoms. The monoisotopic (exact) mass is 362 g/mol. The van der Waals surface area contributed by atoms with E-state index in [4.69, 9.17) is 15.6 Å². The molecule has 8 nitrogen and oxygen atoms in total. The number of hydrogen-bond acceptors (Lipinski definition) is 8. The standard InChI is InChI=1S/C16H18N4O4S/c17-13-11-9(10-2-1-5-25-10)6-20(14(11)19-8-18-13)15-12(22)16(23,3-4-21)7-24-15/h1-2,5-6,8,12,15,21-23H,3-4,7H2,(H2,17,18,19)/t12?,15-,16?/m1/s1. The average molecular weight is 362 g/mol. The maximum atomic E-state index is 10.6. The first-order valence-corrected chi connectivity index (χ1v) is 8.71. The lowest BCUT2D eigenvalue weighted by Crippen LogP contribution is -2.43. The lowest BCUT2D eigenvalue weighted by Gasteiger charge is -2.25. The Morgan fingerprint density at radius 3 is 3.00 bits per heavy atom. The van der Waals surface area contributed by atoms with Crippen molar-refractivity contribution < 1.29 is 20.1 Å². The fourth-order valence-electron chi connectivity index (χ4n) is 3.24. The number of aliphatic hydroxyl groups is 3. The summed E-state index contributed by atoms with van der Waals surface area (Å²) >= 11 is 1.55. The molecule has 0 saturated carbocycles. The second kappa shape index (κ2) is 6.04. The van der Waals surface area contributed by atoms with Crippen LogP contribution >= 0.6 is 11.3 Å². The summed E-state index contributed by atoms with van der Waals surface area (Å²) < 4.78 is 7.32. The number of anilines is 1. The summed E-state index contributed by atoms with van der Waals surface area (Å²) in [5.41, 5.74) is 5.93. The first-order valence-electron chi connectivity index (χ1n) is 7.83. The quantitative estimate of drug-likeness (QED) is 0.539. The molecule has 0 spiro atoms. The molecule has 0 amide bonds. The van der Waals surface area contributed by atoms with Crippen molar-refractivity contribution in [1.82, 2.24) is 14.5 Å². The number of aliphatic hydroxyl groups excluding tert-OH is 2. The number of fused-ring (bicyclic) bond motifs is 1. The van der Waals surface area contributed by atoms with E-state index in [-0.39, 0.29) is 19.6 Å². The molecule has 4 rings (SSSR count). The first-order chi connectivity index (χ1) is 12.0. The lowest BCUT2D eigenvalue weighted by molar-refractivity contribution is -0.0707. The van der Waals surface area contributed by atoms with Gasteiger partial charge in [0.05, 0.1) is 12.0 Å². The SMILES string of the molecule is Nc1ncnc2c1c(-c1cccs1)cn2[C@@H]1OCC(O)(CCO)C1O. The summed E-state index contributed by atoms with van der Waals surface area (Å²) in [6, 6.07) is 3.90. The van der Waals surface area contributed by atoms with Crippen LogP contribution in [0.15, 0.2) is 30.0 Å². The Hall–Kier alpha value is -2.04. The summed E-state index contributed by atoms with van der Waals surface area (Å²) in [6.45, 7) is -0.320. The zero-order chi connectivity index (χ0) is 17.6. The van der Waals surface area contributed by atoms with Gasteiger partial charge in [0.25, 0.3) is 0 Å². The highest BCUT2D eigenvalue weighted by atomic mass is 32.1. The van der Waals surface area contributed by atoms with Gasteiger partial charge < -0.3 is 30.4 Å². The number of hydrogen-bond donors (Lipinski definition) is 4. The molecule has 4 heterocycles. The van der Waals surface area contributed by atoms with E-state index in [2.05, 4.69) is 9.97 Å². The third kappa shape index (κ3) is 2.52. The highest BCUT2D eigenvalue weighted by Gasteiger charge is 2.48. The Labute approximate surface area is 147 Å². The van der Waals surface area contributed by atoms with Crippen LogP contribution in [0, 0.1) is 0 Å². The zero-order valence-electron chi connectivity index (χ0n) is 13.2. The van der Waals surface area contributed by atoms with E-state index in [0.717, 1.165) is 10.4 Å². The fraction of sp³-hybridized carbons (Fsp3) is 0.375. The van der Waals surface area contributed by atoms with E-state index >= 15 is 0 Å². The average Bonchev–Trinajstić information content (AvgIpc) is 3.28. The normalized spacial score (nSPS) is 26.5. The van der Waals surface area contributed by atoms with E-state index < -0.39 is 17.9 Å². The highest BCUT2D eigenvalue weighted by molar-refractivity contribution is 7.13. The van der Waals surface area contributed by atoms with Crippen molar-refractivity contribution in [2.45, 2.75) is 24.4 Å². The third-order valence-corrected chi connectivity index (χ3v) is 5.47. The van der Waals surface area contributed by atoms with Gasteiger partial charge in [-0.05, 0) is 11.4 Å². The van der Waals surface area contributed by atoms with Crippen molar-refractivity contribution in [3.63, 3.8) is 0 Å². The van der Waals surface area contributed by atoms with Crippen molar-refractivity contribution >= 4 is 28.2 Å². The molecule has 0 aliphatic carbocycles. The predicted octanol–water partition coefficient (Wildman–Crippen LogP) is 0.745. The van der Waals surface area contributed by atoms with Gasteiger partial charge in [0.15, 0.2) is 6.23 Å². The van der Waals surface area contributed by atoms with Gasteiger partial charge in [0.2, 0.25) is 0 Å². The van der Waals surface area contributed by atoms with Gasteiger partial charge in [-0.25, -0.2) is 9.97 Å². The second-order valence-electron chi connectivity index (χ2n) is 6.11. The molecule has 1 aliphatic rings. The van der Waals surface area contributed by atoms with E-state index in [0.29, 0.717) is 16.9 Å². The van der Waals surface area contributed by atoms with Crippen LogP contribution in [0.3, 0.4) is 0 Å². The van der Waals surface area contributed by atoms with Gasteiger partial charge >= 0.3 is 0 Å². The Bertz CT molecular complexity index is 897. The molecule has 3 aromatic heterocycles.